The lowest BCUT2D eigenvalue weighted by atomic mass is 10.1. The van der Waals surface area contributed by atoms with Crippen LogP contribution in [-0.2, 0) is 26.2 Å². The molecular formula is C26H36BrN3O5S. The Labute approximate surface area is 223 Å². The van der Waals surface area contributed by atoms with Crippen LogP contribution < -0.4 is 14.4 Å². The molecule has 0 aliphatic rings. The largest absolute Gasteiger partial charge is 0.495 e. The summed E-state index contributed by atoms with van der Waals surface area (Å²) in [6.45, 7) is 7.71. The van der Waals surface area contributed by atoms with E-state index in [2.05, 4.69) is 21.2 Å². The zero-order chi connectivity index (χ0) is 27.1. The van der Waals surface area contributed by atoms with E-state index >= 15 is 0 Å². The summed E-state index contributed by atoms with van der Waals surface area (Å²) < 4.78 is 32.5. The van der Waals surface area contributed by atoms with Gasteiger partial charge in [0.05, 0.1) is 19.1 Å². The molecule has 1 atom stereocenters. The second kappa shape index (κ2) is 12.6. The molecule has 0 saturated carbocycles. The molecule has 0 radical (unpaired) electrons. The molecule has 36 heavy (non-hydrogen) atoms. The third-order valence-corrected chi connectivity index (χ3v) is 7.15. The van der Waals surface area contributed by atoms with Crippen molar-refractivity contribution in [1.29, 1.82) is 0 Å². The fourth-order valence-corrected chi connectivity index (χ4v) is 4.89. The molecule has 0 aliphatic carbocycles. The first kappa shape index (κ1) is 29.6. The minimum absolute atomic E-state index is 0.0742. The molecular weight excluding hydrogens is 546 g/mol. The summed E-state index contributed by atoms with van der Waals surface area (Å²) in [5.41, 5.74) is 0.857. The van der Waals surface area contributed by atoms with Crippen molar-refractivity contribution in [2.75, 3.05) is 24.2 Å². The first-order valence-corrected chi connectivity index (χ1v) is 14.3. The van der Waals surface area contributed by atoms with E-state index in [0.717, 1.165) is 16.3 Å². The highest BCUT2D eigenvalue weighted by Gasteiger charge is 2.29. The Kier molecular flexibility index (Phi) is 10.4. The fraction of sp³-hybridized carbons (Fsp3) is 0.462. The summed E-state index contributed by atoms with van der Waals surface area (Å²) in [6.07, 6.45) is 1.47. The number of benzene rings is 2. The van der Waals surface area contributed by atoms with Crippen molar-refractivity contribution in [2.24, 2.45) is 0 Å². The highest BCUT2D eigenvalue weighted by molar-refractivity contribution is 9.10. The van der Waals surface area contributed by atoms with Crippen LogP contribution in [0.25, 0.3) is 0 Å². The molecule has 2 rings (SSSR count). The van der Waals surface area contributed by atoms with Gasteiger partial charge in [0.15, 0.2) is 0 Å². The van der Waals surface area contributed by atoms with Gasteiger partial charge in [-0.15, -0.1) is 0 Å². The number of halogens is 1. The molecule has 10 heteroatoms. The van der Waals surface area contributed by atoms with E-state index < -0.39 is 21.6 Å². The number of hydrogen-bond acceptors (Lipinski definition) is 5. The number of anilines is 1. The first-order valence-electron chi connectivity index (χ1n) is 11.7. The van der Waals surface area contributed by atoms with Gasteiger partial charge < -0.3 is 15.0 Å². The summed E-state index contributed by atoms with van der Waals surface area (Å²) in [5, 5.41) is 2.94. The van der Waals surface area contributed by atoms with E-state index in [0.29, 0.717) is 11.4 Å². The smallest absolute Gasteiger partial charge is 0.242 e. The van der Waals surface area contributed by atoms with Crippen molar-refractivity contribution in [3.63, 3.8) is 0 Å². The topological polar surface area (TPSA) is 96.0 Å². The Morgan fingerprint density at radius 3 is 2.25 bits per heavy atom. The summed E-state index contributed by atoms with van der Waals surface area (Å²) in [4.78, 5) is 27.8. The van der Waals surface area contributed by atoms with E-state index in [4.69, 9.17) is 4.74 Å². The zero-order valence-electron chi connectivity index (χ0n) is 21.7. The van der Waals surface area contributed by atoms with Crippen LogP contribution in [0.5, 0.6) is 5.75 Å². The Morgan fingerprint density at radius 2 is 1.69 bits per heavy atom. The normalized spacial score (nSPS) is 12.5. The van der Waals surface area contributed by atoms with Crippen molar-refractivity contribution in [3.8, 4) is 5.75 Å². The van der Waals surface area contributed by atoms with Gasteiger partial charge in [-0.3, -0.25) is 13.9 Å². The van der Waals surface area contributed by atoms with Gasteiger partial charge in [-0.2, -0.15) is 0 Å². The zero-order valence-corrected chi connectivity index (χ0v) is 24.1. The van der Waals surface area contributed by atoms with Gasteiger partial charge in [0.2, 0.25) is 21.8 Å². The minimum atomic E-state index is -3.61. The Morgan fingerprint density at radius 1 is 1.08 bits per heavy atom. The van der Waals surface area contributed by atoms with Gasteiger partial charge in [0, 0.05) is 29.5 Å². The summed E-state index contributed by atoms with van der Waals surface area (Å²) in [5.74, 6) is -0.0544. The van der Waals surface area contributed by atoms with Crippen LogP contribution in [0.15, 0.2) is 53.0 Å². The van der Waals surface area contributed by atoms with E-state index in [1.165, 1.54) is 16.3 Å². The molecule has 2 amide bonds. The predicted octanol–water partition coefficient (Wildman–Crippen LogP) is 4.34. The molecule has 198 valence electrons. The van der Waals surface area contributed by atoms with Crippen molar-refractivity contribution in [1.82, 2.24) is 10.2 Å². The van der Waals surface area contributed by atoms with E-state index in [1.54, 1.807) is 31.2 Å². The SMILES string of the molecule is COc1ccccc1N(CCCC(=O)N(Cc1ccc(Br)cc1)C(C)C(=O)NC(C)(C)C)S(C)(=O)=O. The van der Waals surface area contributed by atoms with Crippen molar-refractivity contribution < 1.29 is 22.7 Å². The number of hydrogen-bond donors (Lipinski definition) is 1. The maximum atomic E-state index is 13.4. The quantitative estimate of drug-likeness (QED) is 0.426. The van der Waals surface area contributed by atoms with Crippen LogP contribution in [0.4, 0.5) is 5.69 Å². The maximum Gasteiger partial charge on any atom is 0.242 e. The standard InChI is InChI=1S/C26H36BrN3O5S/c1-19(25(32)28-26(2,3)4)29(18-20-13-15-21(27)16-14-20)24(31)12-9-17-30(36(6,33)34)22-10-7-8-11-23(22)35-5/h7-8,10-11,13-16,19H,9,12,17-18H2,1-6H3,(H,28,32). The number of rotatable bonds is 11. The van der Waals surface area contributed by atoms with Crippen LogP contribution in [0.3, 0.4) is 0 Å². The monoisotopic (exact) mass is 581 g/mol. The van der Waals surface area contributed by atoms with Gasteiger partial charge >= 0.3 is 0 Å². The van der Waals surface area contributed by atoms with Crippen LogP contribution >= 0.6 is 15.9 Å². The van der Waals surface area contributed by atoms with Crippen LogP contribution in [0.2, 0.25) is 0 Å². The van der Waals surface area contributed by atoms with E-state index in [9.17, 15) is 18.0 Å². The second-order valence-corrected chi connectivity index (χ2v) is 12.5. The molecule has 2 aromatic carbocycles. The van der Waals surface area contributed by atoms with Gasteiger partial charge in [-0.25, -0.2) is 8.42 Å². The van der Waals surface area contributed by atoms with E-state index in [-0.39, 0.29) is 37.7 Å². The highest BCUT2D eigenvalue weighted by Crippen LogP contribution is 2.29. The number of sulfonamides is 1. The fourth-order valence-electron chi connectivity index (χ4n) is 3.66. The highest BCUT2D eigenvalue weighted by atomic mass is 79.9. The second-order valence-electron chi connectivity index (χ2n) is 9.67. The molecule has 0 fully saturated rings. The minimum Gasteiger partial charge on any atom is -0.495 e. The number of ether oxygens (including phenoxy) is 1. The van der Waals surface area contributed by atoms with Crippen LogP contribution in [0.1, 0.15) is 46.1 Å². The van der Waals surface area contributed by atoms with Crippen LogP contribution in [-0.4, -0.2) is 56.6 Å². The lowest BCUT2D eigenvalue weighted by molar-refractivity contribution is -0.141. The average molecular weight is 583 g/mol. The van der Waals surface area contributed by atoms with Gasteiger partial charge in [0.1, 0.15) is 11.8 Å². The van der Waals surface area contributed by atoms with E-state index in [1.807, 2.05) is 45.0 Å². The number of methoxy groups -OCH3 is 1. The van der Waals surface area contributed by atoms with Crippen molar-refractivity contribution in [2.45, 2.75) is 58.7 Å². The predicted molar refractivity (Wildman–Crippen MR) is 146 cm³/mol. The third-order valence-electron chi connectivity index (χ3n) is 5.44. The Balaban J connectivity index is 2.21. The molecule has 1 unspecified atom stereocenters. The average Bonchev–Trinajstić information content (AvgIpc) is 2.79. The number of nitrogens with zero attached hydrogens (tertiary/aromatic N) is 2. The number of carbonyl (C=O) groups is 2. The Hall–Kier alpha value is -2.59. The number of para-hydroxylation sites is 2. The molecule has 0 aliphatic heterocycles. The lowest BCUT2D eigenvalue weighted by Crippen LogP contribution is -2.52. The molecule has 0 saturated heterocycles. The molecule has 0 spiro atoms. The molecule has 0 bridgehead atoms. The maximum absolute atomic E-state index is 13.4. The molecule has 2 aromatic rings. The number of carbonyl (C=O) groups excluding carboxylic acids is 2. The van der Waals surface area contributed by atoms with Crippen molar-refractivity contribution in [3.05, 3.63) is 58.6 Å². The molecule has 8 nitrogen and oxygen atoms in total. The Bertz CT molecular complexity index is 1150. The third kappa shape index (κ3) is 8.81. The lowest BCUT2D eigenvalue weighted by Gasteiger charge is -2.32. The van der Waals surface area contributed by atoms with Gasteiger partial charge in [-0.1, -0.05) is 40.2 Å². The molecule has 0 aromatic heterocycles. The van der Waals surface area contributed by atoms with Crippen molar-refractivity contribution >= 4 is 43.5 Å². The molecule has 1 N–H and O–H groups in total. The number of amides is 2. The van der Waals surface area contributed by atoms with Gasteiger partial charge in [-0.05, 0) is 63.9 Å². The summed E-state index contributed by atoms with van der Waals surface area (Å²) >= 11 is 3.41. The number of nitrogens with one attached hydrogen (secondary N) is 1. The molecule has 0 heterocycles. The van der Waals surface area contributed by atoms with Crippen LogP contribution in [0, 0.1) is 0 Å². The first-order chi connectivity index (χ1) is 16.7. The summed E-state index contributed by atoms with van der Waals surface area (Å²) in [7, 11) is -2.13. The summed E-state index contributed by atoms with van der Waals surface area (Å²) in [6, 6.07) is 13.7. The van der Waals surface area contributed by atoms with Gasteiger partial charge in [0.25, 0.3) is 0 Å².